The average Bonchev–Trinajstić information content (AvgIpc) is 3.96. The minimum Gasteiger partial charge on any atom is -0.379 e. The molecule has 0 spiro atoms. The van der Waals surface area contributed by atoms with Gasteiger partial charge < -0.3 is 40.0 Å². The molecule has 1 aromatic heterocycles. The number of ether oxygens (including phenoxy) is 3. The van der Waals surface area contributed by atoms with Crippen molar-refractivity contribution in [3.63, 3.8) is 0 Å². The highest BCUT2D eigenvalue weighted by molar-refractivity contribution is 7.09. The number of hydrogen-bond donors (Lipinski definition) is 3. The van der Waals surface area contributed by atoms with Crippen molar-refractivity contribution in [2.24, 2.45) is 23.7 Å². The number of hydrogen-bond acceptors (Lipinski definition) is 11. The van der Waals surface area contributed by atoms with Crippen LogP contribution in [0.5, 0.6) is 0 Å². The van der Waals surface area contributed by atoms with Gasteiger partial charge in [-0.2, -0.15) is 0 Å². The predicted octanol–water partition coefficient (Wildman–Crippen LogP) is 4.80. The Morgan fingerprint density at radius 2 is 1.66 bits per heavy atom. The number of benzene rings is 1. The molecule has 14 nitrogen and oxygen atoms in total. The largest absolute Gasteiger partial charge is 0.379 e. The minimum absolute atomic E-state index is 0.00993. The maximum Gasteiger partial charge on any atom is 0.245 e. The molecule has 1 aromatic carbocycles. The van der Waals surface area contributed by atoms with Gasteiger partial charge in [0.25, 0.3) is 0 Å². The Morgan fingerprint density at radius 1 is 0.951 bits per heavy atom. The summed E-state index contributed by atoms with van der Waals surface area (Å²) in [5.74, 6) is -1.53. The van der Waals surface area contributed by atoms with Crippen LogP contribution in [0.2, 0.25) is 0 Å². The molecule has 3 N–H and O–H groups in total. The highest BCUT2D eigenvalue weighted by Crippen LogP contribution is 2.30. The second-order valence-corrected chi connectivity index (χ2v) is 18.3. The van der Waals surface area contributed by atoms with Crippen LogP contribution in [0.4, 0.5) is 0 Å². The maximum absolute atomic E-state index is 14.5. The van der Waals surface area contributed by atoms with Crippen molar-refractivity contribution >= 4 is 35.0 Å². The summed E-state index contributed by atoms with van der Waals surface area (Å²) >= 11 is 1.51. The number of methoxy groups -OCH3 is 2. The molecule has 0 unspecified atom stereocenters. The van der Waals surface area contributed by atoms with Crippen LogP contribution in [-0.4, -0.2) is 148 Å². The van der Waals surface area contributed by atoms with Crippen LogP contribution >= 0.6 is 11.3 Å². The summed E-state index contributed by atoms with van der Waals surface area (Å²) in [7, 11) is 8.72. The first-order chi connectivity index (χ1) is 29.1. The van der Waals surface area contributed by atoms with E-state index in [2.05, 4.69) is 34.8 Å². The monoisotopic (exact) mass is 872 g/mol. The molecule has 1 fully saturated rings. The summed E-state index contributed by atoms with van der Waals surface area (Å²) in [5, 5.41) is 12.1. The second-order valence-electron chi connectivity index (χ2n) is 17.3. The Balaban J connectivity index is 1.76. The van der Waals surface area contributed by atoms with Crippen molar-refractivity contribution in [2.45, 2.75) is 123 Å². The number of nitrogens with one attached hydrogen (secondary N) is 3. The van der Waals surface area contributed by atoms with E-state index in [0.29, 0.717) is 39.1 Å². The first-order valence-electron chi connectivity index (χ1n) is 22.2. The van der Waals surface area contributed by atoms with Gasteiger partial charge in [-0.15, -0.1) is 11.3 Å². The molecule has 2 heterocycles. The zero-order valence-corrected chi connectivity index (χ0v) is 39.8. The smallest absolute Gasteiger partial charge is 0.245 e. The summed E-state index contributed by atoms with van der Waals surface area (Å²) in [5.41, 5.74) is 1.09. The number of amides is 4. The van der Waals surface area contributed by atoms with Crippen molar-refractivity contribution in [2.75, 3.05) is 68.2 Å². The summed E-state index contributed by atoms with van der Waals surface area (Å²) in [6.45, 7) is 16.8. The van der Waals surface area contributed by atoms with E-state index in [4.69, 9.17) is 14.2 Å². The number of thiazole rings is 1. The molecular formula is C46H77N7O7S. The van der Waals surface area contributed by atoms with Crippen LogP contribution in [0.1, 0.15) is 90.8 Å². The van der Waals surface area contributed by atoms with Crippen LogP contribution in [-0.2, 0) is 39.8 Å². The van der Waals surface area contributed by atoms with Gasteiger partial charge in [-0.25, -0.2) is 4.98 Å². The lowest BCUT2D eigenvalue weighted by Crippen LogP contribution is -2.60. The van der Waals surface area contributed by atoms with E-state index in [-0.39, 0.29) is 59.9 Å². The number of likely N-dealkylation sites (tertiary alicyclic amines) is 1. The highest BCUT2D eigenvalue weighted by atomic mass is 32.1. The third kappa shape index (κ3) is 14.8. The Hall–Kier alpha value is -3.47. The summed E-state index contributed by atoms with van der Waals surface area (Å²) in [6.07, 6.45) is 3.41. The van der Waals surface area contributed by atoms with Gasteiger partial charge in [0.2, 0.25) is 23.6 Å². The maximum atomic E-state index is 14.5. The molecule has 15 heteroatoms. The molecule has 1 saturated heterocycles. The van der Waals surface area contributed by atoms with Gasteiger partial charge in [-0.1, -0.05) is 85.2 Å². The Kier molecular flexibility index (Phi) is 22.3. The van der Waals surface area contributed by atoms with Crippen LogP contribution < -0.4 is 16.0 Å². The van der Waals surface area contributed by atoms with Crippen LogP contribution in [0, 0.1) is 23.7 Å². The third-order valence-electron chi connectivity index (χ3n) is 12.3. The SMILES string of the molecule is CC[C@H](C)[C@@H]([C@@H](CC(=O)N1CCC[C@H]1[C@H](OC)[C@@H](C)C(=O)N[C@@H](Cc1ccccc1)c1nccs1)OC)N(C)C(=O)[C@@H](NC(=O)[C@@H](C(C)C)N(C)CCOCCNC)C(C)C. The Morgan fingerprint density at radius 3 is 2.23 bits per heavy atom. The minimum atomic E-state index is -0.792. The number of likely N-dealkylation sites (N-methyl/N-ethyl adjacent to an activating group) is 3. The normalized spacial score (nSPS) is 18.3. The van der Waals surface area contributed by atoms with Gasteiger partial charge in [-0.05, 0) is 56.7 Å². The van der Waals surface area contributed by atoms with Gasteiger partial charge in [0.1, 0.15) is 11.0 Å². The van der Waals surface area contributed by atoms with Gasteiger partial charge in [0, 0.05) is 52.5 Å². The molecular weight excluding hydrogens is 795 g/mol. The first-order valence-corrected chi connectivity index (χ1v) is 23.1. The molecule has 0 radical (unpaired) electrons. The lowest BCUT2D eigenvalue weighted by molar-refractivity contribution is -0.148. The van der Waals surface area contributed by atoms with E-state index in [1.165, 1.54) is 11.3 Å². The van der Waals surface area contributed by atoms with Crippen molar-refractivity contribution in [3.05, 3.63) is 52.5 Å². The van der Waals surface area contributed by atoms with E-state index in [9.17, 15) is 19.2 Å². The molecule has 3 rings (SSSR count). The van der Waals surface area contributed by atoms with Gasteiger partial charge in [-0.3, -0.25) is 24.1 Å². The number of aromatic nitrogens is 1. The van der Waals surface area contributed by atoms with E-state index >= 15 is 0 Å². The van der Waals surface area contributed by atoms with Crippen molar-refractivity contribution in [3.8, 4) is 0 Å². The fourth-order valence-corrected chi connectivity index (χ4v) is 9.36. The molecule has 1 aliphatic rings. The fraction of sp³-hybridized carbons (Fsp3) is 0.717. The standard InChI is InChI=1S/C46H77N7O7S/c1-13-32(6)41(52(10)46(57)39(30(2)3)50-44(56)40(31(4)5)51(9)24-26-60-25-21-47-8)37(58-11)29-38(54)53-23-17-20-36(53)42(59-12)33(7)43(55)49-35(45-48-22-27-61-45)28-34-18-15-14-16-19-34/h14-16,18-19,22,27,30-33,35-37,39-42,47H,13,17,20-21,23-26,28-29H2,1-12H3,(H,49,55)(H,50,56)/t32-,33+,35-,36-,37+,39-,40+,41-,42+/m0/s1. The zero-order valence-electron chi connectivity index (χ0n) is 39.0. The average molecular weight is 872 g/mol. The molecule has 0 bridgehead atoms. The van der Waals surface area contributed by atoms with E-state index in [0.717, 1.165) is 30.0 Å². The highest BCUT2D eigenvalue weighted by Gasteiger charge is 2.43. The predicted molar refractivity (Wildman–Crippen MR) is 242 cm³/mol. The molecule has 0 saturated carbocycles. The van der Waals surface area contributed by atoms with Crippen molar-refractivity contribution in [1.82, 2.24) is 35.6 Å². The zero-order chi connectivity index (χ0) is 45.2. The van der Waals surface area contributed by atoms with Gasteiger partial charge >= 0.3 is 0 Å². The Labute approximate surface area is 370 Å². The number of nitrogens with zero attached hydrogens (tertiary/aromatic N) is 4. The van der Waals surface area contributed by atoms with Crippen molar-refractivity contribution in [1.29, 1.82) is 0 Å². The molecule has 4 amide bonds. The van der Waals surface area contributed by atoms with Gasteiger partial charge in [0.05, 0.1) is 61.9 Å². The van der Waals surface area contributed by atoms with Crippen LogP contribution in [0.3, 0.4) is 0 Å². The number of carbonyl (C=O) groups is 4. The van der Waals surface area contributed by atoms with Crippen LogP contribution in [0.25, 0.3) is 0 Å². The second kappa shape index (κ2) is 26.2. The molecule has 1 aliphatic heterocycles. The Bertz CT molecular complexity index is 1600. The fourth-order valence-electron chi connectivity index (χ4n) is 8.67. The number of rotatable bonds is 27. The van der Waals surface area contributed by atoms with E-state index in [1.807, 2.05) is 94.2 Å². The third-order valence-corrected chi connectivity index (χ3v) is 13.2. The van der Waals surface area contributed by atoms with E-state index in [1.54, 1.807) is 32.4 Å². The quantitative estimate of drug-likeness (QED) is 0.107. The molecule has 9 atom stereocenters. The molecule has 0 aliphatic carbocycles. The van der Waals surface area contributed by atoms with Gasteiger partial charge in [0.15, 0.2) is 0 Å². The lowest BCUT2D eigenvalue weighted by atomic mass is 9.89. The summed E-state index contributed by atoms with van der Waals surface area (Å²) < 4.78 is 17.9. The topological polar surface area (TPSA) is 155 Å². The lowest BCUT2D eigenvalue weighted by Gasteiger charge is -2.41. The molecule has 61 heavy (non-hydrogen) atoms. The van der Waals surface area contributed by atoms with Crippen molar-refractivity contribution < 1.29 is 33.4 Å². The van der Waals surface area contributed by atoms with E-state index < -0.39 is 36.3 Å². The molecule has 344 valence electrons. The first kappa shape index (κ1) is 51.9. The summed E-state index contributed by atoms with van der Waals surface area (Å²) in [4.78, 5) is 66.9. The number of carbonyl (C=O) groups excluding carboxylic acids is 4. The molecule has 2 aromatic rings. The summed E-state index contributed by atoms with van der Waals surface area (Å²) in [6, 6.07) is 7.67. The van der Waals surface area contributed by atoms with Crippen LogP contribution in [0.15, 0.2) is 41.9 Å².